The Kier molecular flexibility index (Phi) is 3.35. The lowest BCUT2D eigenvalue weighted by molar-refractivity contribution is 0.204. The molecule has 0 aliphatic carbocycles. The van der Waals surface area contributed by atoms with Gasteiger partial charge in [-0.2, -0.15) is 0 Å². The number of aromatic nitrogens is 1. The van der Waals surface area contributed by atoms with Gasteiger partial charge in [0.05, 0.1) is 6.54 Å². The summed E-state index contributed by atoms with van der Waals surface area (Å²) in [6.07, 6.45) is 1.84. The molecule has 0 saturated carbocycles. The molecule has 1 aromatic heterocycles. The van der Waals surface area contributed by atoms with Crippen molar-refractivity contribution < 1.29 is 0 Å². The smallest absolute Gasteiger partial charge is 0.192 e. The topological polar surface area (TPSA) is 57.8 Å². The van der Waals surface area contributed by atoms with E-state index in [4.69, 9.17) is 5.73 Å². The van der Waals surface area contributed by atoms with Gasteiger partial charge in [-0.1, -0.05) is 0 Å². The minimum Gasteiger partial charge on any atom is -0.370 e. The van der Waals surface area contributed by atoms with Gasteiger partial charge in [0.2, 0.25) is 0 Å². The van der Waals surface area contributed by atoms with Gasteiger partial charge in [-0.15, -0.1) is 11.3 Å². The van der Waals surface area contributed by atoms with Gasteiger partial charge in [0.15, 0.2) is 5.96 Å². The van der Waals surface area contributed by atoms with Gasteiger partial charge in [-0.05, 0) is 21.0 Å². The molecular formula is C11H19N5S. The first-order chi connectivity index (χ1) is 8.04. The van der Waals surface area contributed by atoms with Crippen molar-refractivity contribution in [1.29, 1.82) is 0 Å². The highest BCUT2D eigenvalue weighted by molar-refractivity contribution is 7.09. The summed E-state index contributed by atoms with van der Waals surface area (Å²) in [5, 5.41) is 3.08. The van der Waals surface area contributed by atoms with E-state index >= 15 is 0 Å². The average Bonchev–Trinajstić information content (AvgIpc) is 2.87. The summed E-state index contributed by atoms with van der Waals surface area (Å²) >= 11 is 1.66. The molecule has 0 fully saturated rings. The van der Waals surface area contributed by atoms with Crippen LogP contribution >= 0.6 is 11.3 Å². The normalized spacial score (nSPS) is 24.5. The second-order valence-corrected chi connectivity index (χ2v) is 5.64. The lowest BCUT2D eigenvalue weighted by atomic mass is 10.0. The third-order valence-corrected chi connectivity index (χ3v) is 4.11. The molecule has 0 radical (unpaired) electrons. The number of nitrogens with two attached hydrogens (primary N) is 1. The second-order valence-electron chi connectivity index (χ2n) is 4.74. The summed E-state index contributed by atoms with van der Waals surface area (Å²) in [5.41, 5.74) is 5.81. The third kappa shape index (κ3) is 2.28. The van der Waals surface area contributed by atoms with Crippen LogP contribution in [0, 0.1) is 0 Å². The lowest BCUT2D eigenvalue weighted by Crippen LogP contribution is -2.49. The highest BCUT2D eigenvalue weighted by Crippen LogP contribution is 2.33. The number of likely N-dealkylation sites (N-methyl/N-ethyl adjacent to an activating group) is 1. The maximum Gasteiger partial charge on any atom is 0.192 e. The Hall–Kier alpha value is -1.14. The number of nitrogens with zero attached hydrogens (tertiary/aromatic N) is 4. The van der Waals surface area contributed by atoms with E-state index in [1.54, 1.807) is 11.3 Å². The first-order valence-electron chi connectivity index (χ1n) is 5.66. The maximum absolute atomic E-state index is 5.98. The molecule has 2 rings (SSSR count). The van der Waals surface area contributed by atoms with Gasteiger partial charge in [-0.3, -0.25) is 4.99 Å². The molecule has 2 heterocycles. The minimum atomic E-state index is -0.172. The summed E-state index contributed by atoms with van der Waals surface area (Å²) < 4.78 is 0. The van der Waals surface area contributed by atoms with E-state index in [0.717, 1.165) is 18.1 Å². The van der Waals surface area contributed by atoms with E-state index in [0.29, 0.717) is 12.5 Å². The van der Waals surface area contributed by atoms with Crippen molar-refractivity contribution >= 4 is 17.3 Å². The summed E-state index contributed by atoms with van der Waals surface area (Å²) in [6, 6.07) is 0. The summed E-state index contributed by atoms with van der Waals surface area (Å²) in [7, 11) is 4.12. The Morgan fingerprint density at radius 3 is 2.94 bits per heavy atom. The van der Waals surface area contributed by atoms with Crippen molar-refractivity contribution in [3.05, 3.63) is 16.6 Å². The van der Waals surface area contributed by atoms with E-state index in [-0.39, 0.29) is 5.54 Å². The van der Waals surface area contributed by atoms with Crippen molar-refractivity contribution in [2.75, 3.05) is 33.7 Å². The van der Waals surface area contributed by atoms with E-state index in [1.165, 1.54) is 0 Å². The van der Waals surface area contributed by atoms with Crippen molar-refractivity contribution in [2.45, 2.75) is 12.5 Å². The van der Waals surface area contributed by atoms with Crippen LogP contribution in [0.1, 0.15) is 11.9 Å². The van der Waals surface area contributed by atoms with Crippen molar-refractivity contribution in [2.24, 2.45) is 10.7 Å². The molecule has 1 aliphatic heterocycles. The van der Waals surface area contributed by atoms with Crippen LogP contribution in [0.4, 0.5) is 0 Å². The number of rotatable bonds is 4. The maximum atomic E-state index is 5.98. The van der Waals surface area contributed by atoms with Gasteiger partial charge in [0.1, 0.15) is 10.5 Å². The van der Waals surface area contributed by atoms with Crippen LogP contribution in [0.3, 0.4) is 0 Å². The van der Waals surface area contributed by atoms with Crippen LogP contribution < -0.4 is 5.73 Å². The molecule has 0 spiro atoms. The fourth-order valence-corrected chi connectivity index (χ4v) is 2.79. The van der Waals surface area contributed by atoms with Crippen molar-refractivity contribution in [3.8, 4) is 0 Å². The largest absolute Gasteiger partial charge is 0.370 e. The molecule has 0 amide bonds. The fraction of sp³-hybridized carbons (Fsp3) is 0.636. The molecule has 0 aromatic carbocycles. The molecule has 94 valence electrons. The van der Waals surface area contributed by atoms with Crippen LogP contribution in [0.25, 0.3) is 0 Å². The van der Waals surface area contributed by atoms with Crippen LogP contribution in [0.15, 0.2) is 16.6 Å². The van der Waals surface area contributed by atoms with Gasteiger partial charge in [0, 0.05) is 24.7 Å². The zero-order chi connectivity index (χ0) is 12.5. The van der Waals surface area contributed by atoms with Crippen LogP contribution in [-0.4, -0.2) is 54.5 Å². The van der Waals surface area contributed by atoms with Gasteiger partial charge >= 0.3 is 0 Å². The molecule has 1 aromatic rings. The Morgan fingerprint density at radius 2 is 2.35 bits per heavy atom. The molecule has 1 atom stereocenters. The van der Waals surface area contributed by atoms with E-state index in [9.17, 15) is 0 Å². The minimum absolute atomic E-state index is 0.172. The van der Waals surface area contributed by atoms with Gasteiger partial charge in [0.25, 0.3) is 0 Å². The van der Waals surface area contributed by atoms with Crippen LogP contribution in [0.5, 0.6) is 0 Å². The second kappa shape index (κ2) is 4.62. The van der Waals surface area contributed by atoms with E-state index in [2.05, 4.69) is 40.8 Å². The zero-order valence-electron chi connectivity index (χ0n) is 10.6. The van der Waals surface area contributed by atoms with E-state index in [1.807, 2.05) is 11.6 Å². The van der Waals surface area contributed by atoms with Gasteiger partial charge < -0.3 is 15.5 Å². The van der Waals surface area contributed by atoms with Crippen LogP contribution in [-0.2, 0) is 5.54 Å². The van der Waals surface area contributed by atoms with Crippen LogP contribution in [0.2, 0.25) is 0 Å². The number of hydrogen-bond acceptors (Lipinski definition) is 6. The number of thiazole rings is 1. The highest BCUT2D eigenvalue weighted by atomic mass is 32.1. The average molecular weight is 253 g/mol. The Balaban J connectivity index is 2.17. The Bertz CT molecular complexity index is 400. The molecule has 2 N–H and O–H groups in total. The molecular weight excluding hydrogens is 234 g/mol. The molecule has 5 nitrogen and oxygen atoms in total. The molecule has 6 heteroatoms. The monoisotopic (exact) mass is 253 g/mol. The number of hydrogen-bond donors (Lipinski definition) is 1. The summed E-state index contributed by atoms with van der Waals surface area (Å²) in [6.45, 7) is 4.68. The summed E-state index contributed by atoms with van der Waals surface area (Å²) in [4.78, 5) is 13.1. The Labute approximate surface area is 106 Å². The predicted molar refractivity (Wildman–Crippen MR) is 71.2 cm³/mol. The van der Waals surface area contributed by atoms with Gasteiger partial charge in [-0.25, -0.2) is 4.98 Å². The molecule has 0 saturated heterocycles. The standard InChI is InChI=1S/C11H19N5S/c1-11(9-13-4-7-17-9)8-14-10(12)16(11)6-5-15(2)3/h4,7H,5-6,8H2,1-3H3,(H2,12,14). The highest BCUT2D eigenvalue weighted by Gasteiger charge is 2.41. The molecule has 0 bridgehead atoms. The first-order valence-corrected chi connectivity index (χ1v) is 6.54. The predicted octanol–water partition coefficient (Wildman–Crippen LogP) is 0.550. The lowest BCUT2D eigenvalue weighted by Gasteiger charge is -2.35. The SMILES string of the molecule is CN(C)CCN1C(N)=NCC1(C)c1nccs1. The number of aliphatic imine (C=N–C) groups is 1. The third-order valence-electron chi connectivity index (χ3n) is 3.09. The zero-order valence-corrected chi connectivity index (χ0v) is 11.4. The van der Waals surface area contributed by atoms with E-state index < -0.39 is 0 Å². The Morgan fingerprint density at radius 1 is 1.59 bits per heavy atom. The number of guanidine groups is 1. The quantitative estimate of drug-likeness (QED) is 0.851. The molecule has 1 aliphatic rings. The first kappa shape index (κ1) is 12.3. The molecule has 1 unspecified atom stereocenters. The van der Waals surface area contributed by atoms with Crippen molar-refractivity contribution in [3.63, 3.8) is 0 Å². The van der Waals surface area contributed by atoms with Crippen molar-refractivity contribution in [1.82, 2.24) is 14.8 Å². The fourth-order valence-electron chi connectivity index (χ4n) is 1.99. The molecule has 17 heavy (non-hydrogen) atoms. The summed E-state index contributed by atoms with van der Waals surface area (Å²) in [5.74, 6) is 0.629.